The molecule has 0 radical (unpaired) electrons. The van der Waals surface area contributed by atoms with Crippen LogP contribution in [0, 0.1) is 9.49 Å². The van der Waals surface area contributed by atoms with Gasteiger partial charge >= 0.3 is 0 Å². The summed E-state index contributed by atoms with van der Waals surface area (Å²) in [6.07, 6.45) is 2.45. The Morgan fingerprint density at radius 3 is 3.04 bits per heavy atom. The van der Waals surface area contributed by atoms with Gasteiger partial charge in [0.15, 0.2) is 22.1 Å². The van der Waals surface area contributed by atoms with Crippen molar-refractivity contribution >= 4 is 51.3 Å². The lowest BCUT2D eigenvalue weighted by Gasteiger charge is -2.12. The molecular formula is C19H23IN6OS. The lowest BCUT2D eigenvalue weighted by Crippen LogP contribution is -2.24. The quantitative estimate of drug-likeness (QED) is 0.372. The van der Waals surface area contributed by atoms with Gasteiger partial charge in [-0.15, -0.1) is 0 Å². The fraction of sp³-hybridized carbons (Fsp3) is 0.421. The molecule has 0 saturated heterocycles. The third kappa shape index (κ3) is 4.06. The Bertz CT molecular complexity index is 1010. The summed E-state index contributed by atoms with van der Waals surface area (Å²) in [6, 6.07) is 4.32. The van der Waals surface area contributed by atoms with Crippen molar-refractivity contribution in [3.8, 4) is 5.75 Å². The second kappa shape index (κ2) is 8.42. The molecule has 3 aromatic rings. The van der Waals surface area contributed by atoms with Crippen LogP contribution in [0.25, 0.3) is 11.2 Å². The standard InChI is InChI=1S/C19H23IN6OS/c1-11(2)9-22-4-5-26-18-16(17(21)23-10-24-18)25-19(26)28-15-7-12-3-6-27-14(12)8-13(15)20/h7-8,10-11,22H,3-6,9H2,1-2H3,(H2,21,23,24). The first-order chi connectivity index (χ1) is 13.5. The molecule has 148 valence electrons. The van der Waals surface area contributed by atoms with Crippen LogP contribution in [0.2, 0.25) is 0 Å². The molecule has 0 spiro atoms. The van der Waals surface area contributed by atoms with Gasteiger partial charge < -0.3 is 20.4 Å². The zero-order chi connectivity index (χ0) is 19.7. The van der Waals surface area contributed by atoms with E-state index in [-0.39, 0.29) is 0 Å². The first-order valence-electron chi connectivity index (χ1n) is 9.33. The Labute approximate surface area is 182 Å². The molecule has 0 unspecified atom stereocenters. The lowest BCUT2D eigenvalue weighted by atomic mass is 10.2. The van der Waals surface area contributed by atoms with E-state index >= 15 is 0 Å². The minimum absolute atomic E-state index is 0.415. The molecule has 2 aromatic heterocycles. The Morgan fingerprint density at radius 2 is 2.21 bits per heavy atom. The molecular weight excluding hydrogens is 487 g/mol. The number of anilines is 1. The van der Waals surface area contributed by atoms with Gasteiger partial charge in [0, 0.05) is 28.0 Å². The van der Waals surface area contributed by atoms with Crippen molar-refractivity contribution in [1.82, 2.24) is 24.8 Å². The van der Waals surface area contributed by atoms with Crippen LogP contribution in [-0.4, -0.2) is 39.2 Å². The van der Waals surface area contributed by atoms with Crippen LogP contribution in [0.3, 0.4) is 0 Å². The number of hydrogen-bond acceptors (Lipinski definition) is 7. The number of benzene rings is 1. The van der Waals surface area contributed by atoms with Gasteiger partial charge in [0.25, 0.3) is 0 Å². The number of imidazole rings is 1. The predicted molar refractivity (Wildman–Crippen MR) is 120 cm³/mol. The maximum Gasteiger partial charge on any atom is 0.175 e. The molecule has 0 saturated carbocycles. The highest BCUT2D eigenvalue weighted by molar-refractivity contribution is 14.1. The summed E-state index contributed by atoms with van der Waals surface area (Å²) in [5.74, 6) is 2.02. The van der Waals surface area contributed by atoms with Crippen molar-refractivity contribution in [2.75, 3.05) is 25.4 Å². The highest BCUT2D eigenvalue weighted by Gasteiger charge is 2.20. The van der Waals surface area contributed by atoms with Crippen LogP contribution in [0.4, 0.5) is 5.82 Å². The van der Waals surface area contributed by atoms with E-state index in [1.165, 1.54) is 16.8 Å². The van der Waals surface area contributed by atoms with Gasteiger partial charge in [-0.05, 0) is 52.7 Å². The number of aromatic nitrogens is 4. The Hall–Kier alpha value is -1.59. The van der Waals surface area contributed by atoms with Crippen LogP contribution >= 0.6 is 34.4 Å². The van der Waals surface area contributed by atoms with E-state index in [0.717, 1.165) is 52.8 Å². The van der Waals surface area contributed by atoms with E-state index in [2.05, 4.69) is 68.4 Å². The normalized spacial score (nSPS) is 13.3. The van der Waals surface area contributed by atoms with E-state index in [0.29, 0.717) is 17.3 Å². The summed E-state index contributed by atoms with van der Waals surface area (Å²) in [7, 11) is 0. The average Bonchev–Trinajstić information content (AvgIpc) is 3.24. The van der Waals surface area contributed by atoms with Crippen molar-refractivity contribution in [3.63, 3.8) is 0 Å². The maximum absolute atomic E-state index is 6.06. The van der Waals surface area contributed by atoms with E-state index in [1.54, 1.807) is 11.8 Å². The van der Waals surface area contributed by atoms with Gasteiger partial charge in [-0.1, -0.05) is 25.6 Å². The van der Waals surface area contributed by atoms with Crippen LogP contribution < -0.4 is 15.8 Å². The second-order valence-corrected chi connectivity index (χ2v) is 9.34. The second-order valence-electron chi connectivity index (χ2n) is 7.17. The number of hydrogen-bond donors (Lipinski definition) is 2. The number of nitrogen functional groups attached to an aromatic ring is 1. The van der Waals surface area contributed by atoms with Crippen molar-refractivity contribution in [2.45, 2.75) is 36.9 Å². The lowest BCUT2D eigenvalue weighted by molar-refractivity contribution is 0.356. The predicted octanol–water partition coefficient (Wildman–Crippen LogP) is 3.34. The fourth-order valence-electron chi connectivity index (χ4n) is 3.15. The van der Waals surface area contributed by atoms with Gasteiger partial charge in [0.1, 0.15) is 12.1 Å². The SMILES string of the molecule is CC(C)CNCCn1c(Sc2cc3c(cc2I)OCC3)nc2c(N)ncnc21. The van der Waals surface area contributed by atoms with E-state index in [9.17, 15) is 0 Å². The fourth-order valence-corrected chi connectivity index (χ4v) is 4.90. The monoisotopic (exact) mass is 510 g/mol. The van der Waals surface area contributed by atoms with Crippen LogP contribution in [0.15, 0.2) is 28.5 Å². The molecule has 1 aliphatic heterocycles. The number of nitrogens with one attached hydrogen (secondary N) is 1. The molecule has 0 aliphatic carbocycles. The molecule has 7 nitrogen and oxygen atoms in total. The third-order valence-electron chi connectivity index (χ3n) is 4.54. The number of nitrogens with zero attached hydrogens (tertiary/aromatic N) is 4. The summed E-state index contributed by atoms with van der Waals surface area (Å²) in [5.41, 5.74) is 8.75. The molecule has 1 aliphatic rings. The minimum atomic E-state index is 0.415. The van der Waals surface area contributed by atoms with Crippen molar-refractivity contribution in [2.24, 2.45) is 5.92 Å². The highest BCUT2D eigenvalue weighted by atomic mass is 127. The summed E-state index contributed by atoms with van der Waals surface area (Å²) in [5, 5.41) is 4.37. The Morgan fingerprint density at radius 1 is 1.36 bits per heavy atom. The smallest absolute Gasteiger partial charge is 0.175 e. The zero-order valence-corrected chi connectivity index (χ0v) is 18.9. The molecule has 0 atom stereocenters. The largest absolute Gasteiger partial charge is 0.493 e. The number of ether oxygens (including phenoxy) is 1. The van der Waals surface area contributed by atoms with Gasteiger partial charge in [-0.3, -0.25) is 0 Å². The van der Waals surface area contributed by atoms with E-state index in [1.807, 2.05) is 0 Å². The first kappa shape index (κ1) is 19.7. The van der Waals surface area contributed by atoms with Gasteiger partial charge in [0.2, 0.25) is 0 Å². The topological polar surface area (TPSA) is 90.9 Å². The zero-order valence-electron chi connectivity index (χ0n) is 15.9. The van der Waals surface area contributed by atoms with Crippen LogP contribution in [-0.2, 0) is 13.0 Å². The molecule has 1 aromatic carbocycles. The Balaban J connectivity index is 1.66. The average molecular weight is 510 g/mol. The van der Waals surface area contributed by atoms with Crippen LogP contribution in [0.1, 0.15) is 19.4 Å². The van der Waals surface area contributed by atoms with Crippen molar-refractivity contribution in [3.05, 3.63) is 27.6 Å². The summed E-state index contributed by atoms with van der Waals surface area (Å²) >= 11 is 4.00. The molecule has 0 fully saturated rings. The molecule has 4 rings (SSSR count). The van der Waals surface area contributed by atoms with Crippen molar-refractivity contribution < 1.29 is 4.74 Å². The summed E-state index contributed by atoms with van der Waals surface area (Å²) in [4.78, 5) is 14.5. The molecule has 9 heteroatoms. The summed E-state index contributed by atoms with van der Waals surface area (Å²) in [6.45, 7) is 7.76. The molecule has 3 N–H and O–H groups in total. The van der Waals surface area contributed by atoms with E-state index in [4.69, 9.17) is 15.5 Å². The first-order valence-corrected chi connectivity index (χ1v) is 11.2. The minimum Gasteiger partial charge on any atom is -0.493 e. The number of rotatable bonds is 7. The Kier molecular flexibility index (Phi) is 5.93. The highest BCUT2D eigenvalue weighted by Crippen LogP contribution is 2.38. The van der Waals surface area contributed by atoms with Gasteiger partial charge in [-0.25, -0.2) is 15.0 Å². The molecule has 0 amide bonds. The third-order valence-corrected chi connectivity index (χ3v) is 6.85. The molecule has 0 bridgehead atoms. The van der Waals surface area contributed by atoms with Gasteiger partial charge in [0.05, 0.1) is 6.61 Å². The van der Waals surface area contributed by atoms with E-state index < -0.39 is 0 Å². The summed E-state index contributed by atoms with van der Waals surface area (Å²) < 4.78 is 8.96. The van der Waals surface area contributed by atoms with Crippen molar-refractivity contribution in [1.29, 1.82) is 0 Å². The number of fused-ring (bicyclic) bond motifs is 2. The number of nitrogens with two attached hydrogens (primary N) is 1. The molecule has 3 heterocycles. The molecule has 28 heavy (non-hydrogen) atoms. The van der Waals surface area contributed by atoms with Crippen LogP contribution in [0.5, 0.6) is 5.75 Å². The van der Waals surface area contributed by atoms with Gasteiger partial charge in [-0.2, -0.15) is 0 Å². The number of halogens is 1. The maximum atomic E-state index is 6.06.